The molecule has 0 amide bonds. The predicted octanol–water partition coefficient (Wildman–Crippen LogP) is 3.94. The number of aryl methyl sites for hydroxylation is 3. The number of halogens is 1. The highest BCUT2D eigenvalue weighted by Gasteiger charge is 2.13. The maximum Gasteiger partial charge on any atom is 0.129 e. The number of rotatable bonds is 3. The number of benzene rings is 1. The van der Waals surface area contributed by atoms with Crippen LogP contribution in [0.25, 0.3) is 0 Å². The van der Waals surface area contributed by atoms with Gasteiger partial charge < -0.3 is 5.11 Å². The van der Waals surface area contributed by atoms with Crippen molar-refractivity contribution in [3.63, 3.8) is 0 Å². The van der Waals surface area contributed by atoms with Crippen LogP contribution in [0.3, 0.4) is 0 Å². The summed E-state index contributed by atoms with van der Waals surface area (Å²) in [5.41, 5.74) is 5.69. The molecule has 0 aliphatic carbocycles. The van der Waals surface area contributed by atoms with Crippen LogP contribution < -0.4 is 0 Å². The van der Waals surface area contributed by atoms with Crippen molar-refractivity contribution in [2.75, 3.05) is 0 Å². The first-order valence-electron chi connectivity index (χ1n) is 6.33. The molecule has 1 aromatic heterocycles. The van der Waals surface area contributed by atoms with E-state index >= 15 is 0 Å². The van der Waals surface area contributed by atoms with E-state index in [2.05, 4.69) is 37.9 Å². The highest BCUT2D eigenvalue weighted by molar-refractivity contribution is 6.29. The van der Waals surface area contributed by atoms with Crippen molar-refractivity contribution in [2.24, 2.45) is 0 Å². The highest BCUT2D eigenvalue weighted by Crippen LogP contribution is 2.24. The van der Waals surface area contributed by atoms with Crippen molar-refractivity contribution in [2.45, 2.75) is 33.3 Å². The second kappa shape index (κ2) is 5.72. The van der Waals surface area contributed by atoms with Gasteiger partial charge in [-0.05, 0) is 55.2 Å². The minimum atomic E-state index is -0.555. The van der Waals surface area contributed by atoms with E-state index in [4.69, 9.17) is 11.6 Å². The van der Waals surface area contributed by atoms with Crippen molar-refractivity contribution in [3.05, 3.63) is 63.4 Å². The third-order valence-corrected chi connectivity index (χ3v) is 3.58. The Bertz CT molecular complexity index is 572. The standard InChI is InChI=1S/C16H18ClNO/c1-10-6-11(2)14(12(3)7-10)9-15(19)13-4-5-18-16(17)8-13/h4-8,15,19H,9H2,1-3H3. The molecule has 0 aliphatic rings. The van der Waals surface area contributed by atoms with Gasteiger partial charge in [0.2, 0.25) is 0 Å². The van der Waals surface area contributed by atoms with Crippen LogP contribution in [0.5, 0.6) is 0 Å². The SMILES string of the molecule is Cc1cc(C)c(CC(O)c2ccnc(Cl)c2)c(C)c1. The molecule has 2 aromatic rings. The van der Waals surface area contributed by atoms with Gasteiger partial charge in [-0.1, -0.05) is 29.3 Å². The van der Waals surface area contributed by atoms with Crippen LogP contribution in [-0.2, 0) is 6.42 Å². The summed E-state index contributed by atoms with van der Waals surface area (Å²) < 4.78 is 0. The van der Waals surface area contributed by atoms with Gasteiger partial charge in [0.25, 0.3) is 0 Å². The van der Waals surface area contributed by atoms with E-state index in [1.165, 1.54) is 22.3 Å². The first-order chi connectivity index (χ1) is 8.97. The van der Waals surface area contributed by atoms with Gasteiger partial charge in [-0.3, -0.25) is 0 Å². The number of hydrogen-bond donors (Lipinski definition) is 1. The topological polar surface area (TPSA) is 33.1 Å². The zero-order valence-electron chi connectivity index (χ0n) is 11.4. The lowest BCUT2D eigenvalue weighted by molar-refractivity contribution is 0.178. The predicted molar refractivity (Wildman–Crippen MR) is 78.6 cm³/mol. The fourth-order valence-corrected chi connectivity index (χ4v) is 2.65. The molecule has 19 heavy (non-hydrogen) atoms. The van der Waals surface area contributed by atoms with Gasteiger partial charge in [0.1, 0.15) is 5.15 Å². The van der Waals surface area contributed by atoms with Gasteiger partial charge in [0.05, 0.1) is 6.10 Å². The van der Waals surface area contributed by atoms with E-state index in [1.54, 1.807) is 18.3 Å². The van der Waals surface area contributed by atoms with Crippen LogP contribution >= 0.6 is 11.6 Å². The Kier molecular flexibility index (Phi) is 4.23. The lowest BCUT2D eigenvalue weighted by Crippen LogP contribution is -2.05. The monoisotopic (exact) mass is 275 g/mol. The van der Waals surface area contributed by atoms with Crippen molar-refractivity contribution in [3.8, 4) is 0 Å². The molecule has 0 spiro atoms. The average molecular weight is 276 g/mol. The van der Waals surface area contributed by atoms with Gasteiger partial charge in [0, 0.05) is 12.6 Å². The molecule has 0 saturated carbocycles. The maximum absolute atomic E-state index is 10.3. The summed E-state index contributed by atoms with van der Waals surface area (Å²) in [7, 11) is 0. The number of aromatic nitrogens is 1. The lowest BCUT2D eigenvalue weighted by atomic mass is 9.93. The number of aliphatic hydroxyl groups is 1. The molecule has 0 saturated heterocycles. The molecular weight excluding hydrogens is 258 g/mol. The van der Waals surface area contributed by atoms with Crippen LogP contribution in [0, 0.1) is 20.8 Å². The van der Waals surface area contributed by atoms with Crippen LogP contribution in [0.15, 0.2) is 30.5 Å². The Hall–Kier alpha value is -1.38. The van der Waals surface area contributed by atoms with E-state index in [1.807, 2.05) is 0 Å². The number of hydrogen-bond acceptors (Lipinski definition) is 2. The molecule has 1 atom stereocenters. The molecule has 0 aliphatic heterocycles. The fourth-order valence-electron chi connectivity index (χ4n) is 2.47. The minimum absolute atomic E-state index is 0.411. The molecular formula is C16H18ClNO. The van der Waals surface area contributed by atoms with E-state index in [-0.39, 0.29) is 0 Å². The summed E-state index contributed by atoms with van der Waals surface area (Å²) in [4.78, 5) is 3.93. The first kappa shape index (κ1) is 14.0. The number of pyridine rings is 1. The van der Waals surface area contributed by atoms with E-state index < -0.39 is 6.10 Å². The quantitative estimate of drug-likeness (QED) is 0.861. The molecule has 0 fully saturated rings. The molecule has 0 radical (unpaired) electrons. The third kappa shape index (κ3) is 3.34. The second-order valence-electron chi connectivity index (χ2n) is 5.01. The Labute approximate surface area is 119 Å². The molecule has 1 N–H and O–H groups in total. The van der Waals surface area contributed by atoms with Crippen LogP contribution in [0.4, 0.5) is 0 Å². The van der Waals surface area contributed by atoms with Crippen molar-refractivity contribution >= 4 is 11.6 Å². The van der Waals surface area contributed by atoms with Crippen LogP contribution in [-0.4, -0.2) is 10.1 Å². The van der Waals surface area contributed by atoms with Crippen molar-refractivity contribution in [1.29, 1.82) is 0 Å². The first-order valence-corrected chi connectivity index (χ1v) is 6.71. The van der Waals surface area contributed by atoms with Crippen LogP contribution in [0.1, 0.15) is 33.9 Å². The van der Waals surface area contributed by atoms with Gasteiger partial charge in [-0.15, -0.1) is 0 Å². The molecule has 3 heteroatoms. The second-order valence-corrected chi connectivity index (χ2v) is 5.40. The van der Waals surface area contributed by atoms with E-state index in [9.17, 15) is 5.11 Å². The Morgan fingerprint density at radius 1 is 1.16 bits per heavy atom. The smallest absolute Gasteiger partial charge is 0.129 e. The van der Waals surface area contributed by atoms with Crippen molar-refractivity contribution in [1.82, 2.24) is 4.98 Å². The number of aliphatic hydroxyl groups excluding tert-OH is 1. The molecule has 100 valence electrons. The molecule has 2 rings (SSSR count). The average Bonchev–Trinajstić information content (AvgIpc) is 2.33. The molecule has 1 aromatic carbocycles. The van der Waals surface area contributed by atoms with Gasteiger partial charge in [-0.2, -0.15) is 0 Å². The van der Waals surface area contributed by atoms with Gasteiger partial charge >= 0.3 is 0 Å². The lowest BCUT2D eigenvalue weighted by Gasteiger charge is -2.16. The van der Waals surface area contributed by atoms with E-state index in [0.29, 0.717) is 11.6 Å². The molecule has 0 bridgehead atoms. The zero-order valence-corrected chi connectivity index (χ0v) is 12.2. The normalized spacial score (nSPS) is 12.5. The van der Waals surface area contributed by atoms with Crippen LogP contribution in [0.2, 0.25) is 5.15 Å². The van der Waals surface area contributed by atoms with Gasteiger partial charge in [0.15, 0.2) is 0 Å². The Morgan fingerprint density at radius 3 is 2.37 bits per heavy atom. The third-order valence-electron chi connectivity index (χ3n) is 3.37. The highest BCUT2D eigenvalue weighted by atomic mass is 35.5. The largest absolute Gasteiger partial charge is 0.388 e. The summed E-state index contributed by atoms with van der Waals surface area (Å²) in [5.74, 6) is 0. The summed E-state index contributed by atoms with van der Waals surface area (Å²) in [6.45, 7) is 6.26. The van der Waals surface area contributed by atoms with Crippen molar-refractivity contribution < 1.29 is 5.11 Å². The molecule has 1 unspecified atom stereocenters. The summed E-state index contributed by atoms with van der Waals surface area (Å²) >= 11 is 5.85. The number of nitrogens with zero attached hydrogens (tertiary/aromatic N) is 1. The minimum Gasteiger partial charge on any atom is -0.388 e. The zero-order chi connectivity index (χ0) is 14.0. The summed E-state index contributed by atoms with van der Waals surface area (Å²) in [6, 6.07) is 7.81. The molecule has 2 nitrogen and oxygen atoms in total. The molecule has 1 heterocycles. The summed E-state index contributed by atoms with van der Waals surface area (Å²) in [5, 5.41) is 10.7. The summed E-state index contributed by atoms with van der Waals surface area (Å²) in [6.07, 6.45) is 1.66. The van der Waals surface area contributed by atoms with Gasteiger partial charge in [-0.25, -0.2) is 4.98 Å². The van der Waals surface area contributed by atoms with E-state index in [0.717, 1.165) is 5.56 Å². The Balaban J connectivity index is 2.26. The Morgan fingerprint density at radius 2 is 1.79 bits per heavy atom. The fraction of sp³-hybridized carbons (Fsp3) is 0.312. The maximum atomic E-state index is 10.3.